The topological polar surface area (TPSA) is 171 Å². The van der Waals surface area contributed by atoms with E-state index >= 15 is 0 Å². The number of phenolic OH excluding ortho intramolecular Hbond substituents is 1. The largest absolute Gasteiger partial charge is 0.508 e. The lowest BCUT2D eigenvalue weighted by atomic mass is 10.0. The van der Waals surface area contributed by atoms with Crippen LogP contribution in [0.25, 0.3) is 0 Å². The third-order valence-electron chi connectivity index (χ3n) is 4.76. The predicted octanol–water partition coefficient (Wildman–Crippen LogP) is -0.305. The second kappa shape index (κ2) is 12.2. The zero-order chi connectivity index (χ0) is 24.4. The number of aromatic hydroxyl groups is 1. The van der Waals surface area contributed by atoms with Gasteiger partial charge in [0.05, 0.1) is 12.6 Å². The van der Waals surface area contributed by atoms with E-state index in [-0.39, 0.29) is 18.6 Å². The Balaban J connectivity index is 2.12. The lowest BCUT2D eigenvalue weighted by Gasteiger charge is -2.22. The van der Waals surface area contributed by atoms with Gasteiger partial charge < -0.3 is 31.9 Å². The first-order chi connectivity index (χ1) is 15.7. The van der Waals surface area contributed by atoms with Crippen LogP contribution in [0.1, 0.15) is 18.1 Å². The number of rotatable bonds is 11. The highest BCUT2D eigenvalue weighted by Crippen LogP contribution is 2.12. The molecule has 3 amide bonds. The first kappa shape index (κ1) is 25.3. The van der Waals surface area contributed by atoms with Crippen LogP contribution in [0.2, 0.25) is 0 Å². The molecular weight excluding hydrogens is 428 g/mol. The Hall–Kier alpha value is -3.92. The van der Waals surface area contributed by atoms with Gasteiger partial charge in [0, 0.05) is 12.8 Å². The molecule has 0 aromatic heterocycles. The normalized spacial score (nSPS) is 13.3. The van der Waals surface area contributed by atoms with Crippen LogP contribution in [-0.4, -0.2) is 58.6 Å². The van der Waals surface area contributed by atoms with Crippen molar-refractivity contribution in [3.05, 3.63) is 65.7 Å². The Bertz CT molecular complexity index is 963. The van der Waals surface area contributed by atoms with Crippen LogP contribution in [0.4, 0.5) is 0 Å². The average Bonchev–Trinajstić information content (AvgIpc) is 2.78. The van der Waals surface area contributed by atoms with Gasteiger partial charge in [0.2, 0.25) is 17.7 Å². The molecule has 2 rings (SSSR count). The summed E-state index contributed by atoms with van der Waals surface area (Å²) in [4.78, 5) is 48.6. The Labute approximate surface area is 191 Å². The highest BCUT2D eigenvalue weighted by Gasteiger charge is 2.27. The van der Waals surface area contributed by atoms with Gasteiger partial charge in [-0.2, -0.15) is 0 Å². The number of hydrogen-bond acceptors (Lipinski definition) is 6. The SMILES string of the molecule is CC(N)C(=O)NCC(=O)NC(Cc1ccc(O)cc1)C(=O)NC(Cc1ccccc1)C(=O)O. The number of carboxylic acids is 1. The number of nitrogens with two attached hydrogens (primary N) is 1. The van der Waals surface area contributed by atoms with Crippen LogP contribution in [0.5, 0.6) is 5.75 Å². The van der Waals surface area contributed by atoms with Crippen LogP contribution >= 0.6 is 0 Å². The number of nitrogens with one attached hydrogen (secondary N) is 3. The molecule has 7 N–H and O–H groups in total. The lowest BCUT2D eigenvalue weighted by Crippen LogP contribution is -2.54. The van der Waals surface area contributed by atoms with Gasteiger partial charge in [0.1, 0.15) is 17.8 Å². The third-order valence-corrected chi connectivity index (χ3v) is 4.76. The third kappa shape index (κ3) is 8.62. The van der Waals surface area contributed by atoms with E-state index in [0.29, 0.717) is 5.56 Å². The maximum atomic E-state index is 13.0. The Morgan fingerprint density at radius 3 is 2.00 bits per heavy atom. The number of aliphatic carboxylic acids is 1. The van der Waals surface area contributed by atoms with E-state index in [1.54, 1.807) is 42.5 Å². The lowest BCUT2D eigenvalue weighted by molar-refractivity contribution is -0.142. The van der Waals surface area contributed by atoms with Crippen LogP contribution < -0.4 is 21.7 Å². The molecule has 0 bridgehead atoms. The molecule has 0 heterocycles. The molecule has 0 saturated carbocycles. The smallest absolute Gasteiger partial charge is 0.326 e. The number of carbonyl (C=O) groups excluding carboxylic acids is 3. The van der Waals surface area contributed by atoms with Crippen LogP contribution in [0, 0.1) is 0 Å². The van der Waals surface area contributed by atoms with E-state index in [0.717, 1.165) is 5.56 Å². The number of amides is 3. The Kier molecular flexibility index (Phi) is 9.37. The van der Waals surface area contributed by atoms with E-state index in [4.69, 9.17) is 5.73 Å². The van der Waals surface area contributed by atoms with Gasteiger partial charge in [-0.05, 0) is 30.2 Å². The maximum Gasteiger partial charge on any atom is 0.326 e. The molecule has 0 spiro atoms. The molecular formula is C23H28N4O6. The molecule has 10 nitrogen and oxygen atoms in total. The van der Waals surface area contributed by atoms with Crippen LogP contribution in [-0.2, 0) is 32.0 Å². The number of benzene rings is 2. The minimum atomic E-state index is -1.22. The Morgan fingerprint density at radius 2 is 1.42 bits per heavy atom. The van der Waals surface area contributed by atoms with Gasteiger partial charge in [0.25, 0.3) is 0 Å². The molecule has 3 atom stereocenters. The van der Waals surface area contributed by atoms with Gasteiger partial charge in [-0.1, -0.05) is 42.5 Å². The fourth-order valence-electron chi connectivity index (χ4n) is 2.97. The number of carboxylic acid groups (broad SMARTS) is 1. The predicted molar refractivity (Wildman–Crippen MR) is 120 cm³/mol. The second-order valence-corrected chi connectivity index (χ2v) is 7.59. The quantitative estimate of drug-likeness (QED) is 0.269. The van der Waals surface area contributed by atoms with E-state index < -0.39 is 48.4 Å². The summed E-state index contributed by atoms with van der Waals surface area (Å²) in [6.07, 6.45) is 0.100. The molecule has 0 aliphatic rings. The van der Waals surface area contributed by atoms with E-state index in [9.17, 15) is 29.4 Å². The zero-order valence-electron chi connectivity index (χ0n) is 18.2. The number of carbonyl (C=O) groups is 4. The van der Waals surface area contributed by atoms with Crippen molar-refractivity contribution < 1.29 is 29.4 Å². The molecule has 0 saturated heterocycles. The summed E-state index contributed by atoms with van der Waals surface area (Å²) >= 11 is 0. The summed E-state index contributed by atoms with van der Waals surface area (Å²) in [5, 5.41) is 26.4. The van der Waals surface area contributed by atoms with Crippen molar-refractivity contribution >= 4 is 23.7 Å². The van der Waals surface area contributed by atoms with Crippen LogP contribution in [0.15, 0.2) is 54.6 Å². The minimum absolute atomic E-state index is 0.0382. The van der Waals surface area contributed by atoms with Crippen molar-refractivity contribution in [2.75, 3.05) is 6.54 Å². The van der Waals surface area contributed by atoms with Gasteiger partial charge in [-0.15, -0.1) is 0 Å². The first-order valence-electron chi connectivity index (χ1n) is 10.3. The number of hydrogen-bond donors (Lipinski definition) is 6. The maximum absolute atomic E-state index is 13.0. The van der Waals surface area contributed by atoms with Crippen molar-refractivity contribution in [3.8, 4) is 5.75 Å². The fraction of sp³-hybridized carbons (Fsp3) is 0.304. The van der Waals surface area contributed by atoms with Gasteiger partial charge in [-0.25, -0.2) is 4.79 Å². The minimum Gasteiger partial charge on any atom is -0.508 e. The molecule has 2 aromatic carbocycles. The van der Waals surface area contributed by atoms with Crippen molar-refractivity contribution in [1.29, 1.82) is 0 Å². The highest BCUT2D eigenvalue weighted by atomic mass is 16.4. The fourth-order valence-corrected chi connectivity index (χ4v) is 2.97. The molecule has 176 valence electrons. The van der Waals surface area contributed by atoms with Crippen molar-refractivity contribution in [2.45, 2.75) is 37.9 Å². The molecule has 0 fully saturated rings. The summed E-state index contributed by atoms with van der Waals surface area (Å²) < 4.78 is 0. The number of phenols is 1. The van der Waals surface area contributed by atoms with Gasteiger partial charge in [-0.3, -0.25) is 14.4 Å². The van der Waals surface area contributed by atoms with Crippen molar-refractivity contribution in [1.82, 2.24) is 16.0 Å². The van der Waals surface area contributed by atoms with Crippen molar-refractivity contribution in [3.63, 3.8) is 0 Å². The molecule has 0 aliphatic carbocycles. The van der Waals surface area contributed by atoms with E-state index in [1.807, 2.05) is 0 Å². The molecule has 10 heteroatoms. The second-order valence-electron chi connectivity index (χ2n) is 7.59. The summed E-state index contributed by atoms with van der Waals surface area (Å²) in [6.45, 7) is 1.07. The summed E-state index contributed by atoms with van der Waals surface area (Å²) in [5.41, 5.74) is 6.80. The standard InChI is InChI=1S/C23H28N4O6/c1-14(24)21(30)25-13-20(29)26-18(11-16-7-9-17(28)10-8-16)22(31)27-19(23(32)33)12-15-5-3-2-4-6-15/h2-10,14,18-19,28H,11-13,24H2,1H3,(H,25,30)(H,26,29)(H,27,31)(H,32,33). The van der Waals surface area contributed by atoms with Gasteiger partial charge >= 0.3 is 5.97 Å². The zero-order valence-corrected chi connectivity index (χ0v) is 18.2. The summed E-state index contributed by atoms with van der Waals surface area (Å²) in [5.74, 6) is -3.04. The molecule has 0 radical (unpaired) electrons. The van der Waals surface area contributed by atoms with Gasteiger partial charge in [0.15, 0.2) is 0 Å². The molecule has 33 heavy (non-hydrogen) atoms. The Morgan fingerprint density at radius 1 is 0.848 bits per heavy atom. The summed E-state index contributed by atoms with van der Waals surface area (Å²) in [7, 11) is 0. The van der Waals surface area contributed by atoms with Crippen molar-refractivity contribution in [2.24, 2.45) is 5.73 Å². The average molecular weight is 456 g/mol. The van der Waals surface area contributed by atoms with E-state index in [1.165, 1.54) is 19.1 Å². The van der Waals surface area contributed by atoms with Crippen LogP contribution in [0.3, 0.4) is 0 Å². The molecule has 2 aromatic rings. The van der Waals surface area contributed by atoms with E-state index in [2.05, 4.69) is 16.0 Å². The highest BCUT2D eigenvalue weighted by molar-refractivity contribution is 5.92. The monoisotopic (exact) mass is 456 g/mol. The summed E-state index contributed by atoms with van der Waals surface area (Å²) in [6, 6.07) is 11.7. The molecule has 3 unspecified atom stereocenters. The molecule has 0 aliphatic heterocycles. The first-order valence-corrected chi connectivity index (χ1v) is 10.3.